The number of hydrogen-bond acceptors (Lipinski definition) is 7. The van der Waals surface area contributed by atoms with Gasteiger partial charge in [-0.25, -0.2) is 9.78 Å². The van der Waals surface area contributed by atoms with Crippen molar-refractivity contribution in [2.24, 2.45) is 5.92 Å². The van der Waals surface area contributed by atoms with E-state index in [0.717, 1.165) is 17.7 Å². The molecule has 1 fully saturated rings. The summed E-state index contributed by atoms with van der Waals surface area (Å²) in [6, 6.07) is 12.4. The molecular weight excluding hydrogens is 586 g/mol. The number of aromatic nitrogens is 3. The maximum absolute atomic E-state index is 13.9. The monoisotopic (exact) mass is 633 g/mol. The van der Waals surface area contributed by atoms with Crippen LogP contribution in [0.5, 0.6) is 0 Å². The quantitative estimate of drug-likeness (QED) is 0.162. The fourth-order valence-corrected chi connectivity index (χ4v) is 5.50. The van der Waals surface area contributed by atoms with Crippen LogP contribution in [0.3, 0.4) is 0 Å². The molecule has 0 saturated carbocycles. The molecule has 46 heavy (non-hydrogen) atoms. The lowest BCUT2D eigenvalue weighted by Crippen LogP contribution is -2.59. The molecule has 12 heteroatoms. The van der Waals surface area contributed by atoms with E-state index in [9.17, 15) is 19.5 Å². The number of benzene rings is 1. The second-order valence-corrected chi connectivity index (χ2v) is 12.1. The van der Waals surface area contributed by atoms with Gasteiger partial charge in [-0.15, -0.1) is 0 Å². The van der Waals surface area contributed by atoms with Crippen molar-refractivity contribution >= 4 is 17.8 Å². The molecule has 12 nitrogen and oxygen atoms in total. The van der Waals surface area contributed by atoms with Gasteiger partial charge in [0.15, 0.2) is 0 Å². The fraction of sp³-hybridized carbons (Fsp3) is 0.500. The Hall–Kier alpha value is -4.29. The van der Waals surface area contributed by atoms with E-state index in [1.54, 1.807) is 17.3 Å². The highest BCUT2D eigenvalue weighted by Crippen LogP contribution is 2.15. The third-order valence-corrected chi connectivity index (χ3v) is 7.97. The number of carbonyl (C=O) groups is 3. The van der Waals surface area contributed by atoms with Gasteiger partial charge in [0.1, 0.15) is 12.1 Å². The Bertz CT molecular complexity index is 1330. The topological polar surface area (TPSA) is 162 Å². The summed E-state index contributed by atoms with van der Waals surface area (Å²) in [5.74, 6) is -0.706. The standard InChI is InChI=1S/C34H47N7O5/c1-24(2)19-28(31(42)13-8-12-26-11-6-7-14-36-26)38-33(44)30(21-27-22-35-23-37-27)39-32(43)29(20-25-9-4-3-5-10-25)40-34(45)41-15-17-46-18-16-41/h3-7,9-11,14,22-24,28-31,42H,8,12-13,15-21H2,1-2H3,(H,35,37)(H,38,44)(H,39,43)(H,40,45)/t28-,29-,30-,31-/m0/s1. The Balaban J connectivity index is 1.47. The molecule has 0 bridgehead atoms. The van der Waals surface area contributed by atoms with Crippen LogP contribution >= 0.6 is 0 Å². The summed E-state index contributed by atoms with van der Waals surface area (Å²) in [7, 11) is 0. The smallest absolute Gasteiger partial charge is 0.318 e. The van der Waals surface area contributed by atoms with Crippen LogP contribution in [0, 0.1) is 5.92 Å². The van der Waals surface area contributed by atoms with E-state index in [1.807, 2.05) is 62.4 Å². The maximum atomic E-state index is 13.9. The van der Waals surface area contributed by atoms with Crippen LogP contribution in [-0.4, -0.2) is 93.3 Å². The summed E-state index contributed by atoms with van der Waals surface area (Å²) in [6.07, 6.45) is 6.99. The van der Waals surface area contributed by atoms with Gasteiger partial charge in [0.25, 0.3) is 0 Å². The first-order chi connectivity index (χ1) is 22.3. The zero-order valence-electron chi connectivity index (χ0n) is 26.7. The predicted octanol–water partition coefficient (Wildman–Crippen LogP) is 2.40. The Kier molecular flexibility index (Phi) is 13.5. The van der Waals surface area contributed by atoms with Crippen LogP contribution in [0.4, 0.5) is 4.79 Å². The average Bonchev–Trinajstić information content (AvgIpc) is 3.58. The molecule has 1 saturated heterocycles. The number of morpholine rings is 1. The van der Waals surface area contributed by atoms with E-state index >= 15 is 0 Å². The molecule has 1 aliphatic rings. The molecule has 5 N–H and O–H groups in total. The summed E-state index contributed by atoms with van der Waals surface area (Å²) in [5, 5.41) is 20.0. The van der Waals surface area contributed by atoms with Crippen molar-refractivity contribution in [1.82, 2.24) is 35.8 Å². The van der Waals surface area contributed by atoms with Crippen LogP contribution in [-0.2, 0) is 33.6 Å². The molecule has 0 aliphatic carbocycles. The van der Waals surface area contributed by atoms with Crippen LogP contribution < -0.4 is 16.0 Å². The first-order valence-corrected chi connectivity index (χ1v) is 16.1. The van der Waals surface area contributed by atoms with Gasteiger partial charge in [-0.3, -0.25) is 14.6 Å². The largest absolute Gasteiger partial charge is 0.391 e. The first-order valence-electron chi connectivity index (χ1n) is 16.1. The van der Waals surface area contributed by atoms with Crippen molar-refractivity contribution in [2.75, 3.05) is 26.3 Å². The molecule has 4 atom stereocenters. The molecule has 1 aliphatic heterocycles. The third-order valence-electron chi connectivity index (χ3n) is 7.97. The number of aliphatic hydroxyl groups is 1. The van der Waals surface area contributed by atoms with Crippen molar-refractivity contribution in [2.45, 2.75) is 76.6 Å². The van der Waals surface area contributed by atoms with E-state index < -0.39 is 36.0 Å². The second-order valence-electron chi connectivity index (χ2n) is 12.1. The van der Waals surface area contributed by atoms with Gasteiger partial charge >= 0.3 is 6.03 Å². The van der Waals surface area contributed by atoms with Gasteiger partial charge < -0.3 is 35.7 Å². The summed E-state index contributed by atoms with van der Waals surface area (Å²) in [6.45, 7) is 5.79. The minimum Gasteiger partial charge on any atom is -0.391 e. The van der Waals surface area contributed by atoms with E-state index in [-0.39, 0.29) is 24.8 Å². The van der Waals surface area contributed by atoms with Crippen molar-refractivity contribution in [3.63, 3.8) is 0 Å². The number of imidazole rings is 1. The SMILES string of the molecule is CC(C)C[C@H](NC(=O)[C@H](Cc1c[nH]cn1)NC(=O)[C@H](Cc1ccccc1)NC(=O)N1CCOCC1)[C@@H](O)CCCc1ccccn1. The first kappa shape index (κ1) is 34.6. The van der Waals surface area contributed by atoms with Crippen LogP contribution in [0.2, 0.25) is 0 Å². The number of nitrogens with one attached hydrogen (secondary N) is 4. The highest BCUT2D eigenvalue weighted by Gasteiger charge is 2.31. The highest BCUT2D eigenvalue weighted by atomic mass is 16.5. The number of rotatable bonds is 16. The molecule has 0 radical (unpaired) electrons. The van der Waals surface area contributed by atoms with Gasteiger partial charge in [-0.05, 0) is 49.3 Å². The van der Waals surface area contributed by atoms with E-state index in [2.05, 4.69) is 30.9 Å². The van der Waals surface area contributed by atoms with Gasteiger partial charge in [0, 0.05) is 44.0 Å². The molecule has 3 heterocycles. The Morgan fingerprint density at radius 2 is 1.63 bits per heavy atom. The summed E-state index contributed by atoms with van der Waals surface area (Å²) >= 11 is 0. The molecule has 2 aromatic heterocycles. The molecule has 0 unspecified atom stereocenters. The molecular formula is C34H47N7O5. The van der Waals surface area contributed by atoms with Gasteiger partial charge in [-0.1, -0.05) is 50.2 Å². The van der Waals surface area contributed by atoms with Crippen molar-refractivity contribution in [3.05, 3.63) is 84.2 Å². The fourth-order valence-electron chi connectivity index (χ4n) is 5.50. The summed E-state index contributed by atoms with van der Waals surface area (Å²) in [5.41, 5.74) is 2.41. The highest BCUT2D eigenvalue weighted by molar-refractivity contribution is 5.92. The molecule has 3 aromatic rings. The van der Waals surface area contributed by atoms with Gasteiger partial charge in [0.2, 0.25) is 11.8 Å². The lowest BCUT2D eigenvalue weighted by molar-refractivity contribution is -0.130. The number of hydrogen-bond donors (Lipinski definition) is 5. The number of aliphatic hydroxyl groups excluding tert-OH is 1. The predicted molar refractivity (Wildman–Crippen MR) is 174 cm³/mol. The molecule has 4 amide bonds. The molecule has 4 rings (SSSR count). The number of urea groups is 1. The Morgan fingerprint density at radius 3 is 2.30 bits per heavy atom. The lowest BCUT2D eigenvalue weighted by Gasteiger charge is -2.30. The van der Waals surface area contributed by atoms with Gasteiger partial charge in [-0.2, -0.15) is 0 Å². The number of carbonyl (C=O) groups excluding carboxylic acids is 3. The van der Waals surface area contributed by atoms with Crippen LogP contribution in [0.15, 0.2) is 67.3 Å². The third kappa shape index (κ3) is 11.3. The number of aryl methyl sites for hydroxylation is 1. The van der Waals surface area contributed by atoms with E-state index in [1.165, 1.54) is 6.33 Å². The van der Waals surface area contributed by atoms with Crippen LogP contribution in [0.25, 0.3) is 0 Å². The van der Waals surface area contributed by atoms with Crippen molar-refractivity contribution < 1.29 is 24.2 Å². The molecule has 1 aromatic carbocycles. The average molecular weight is 634 g/mol. The number of pyridine rings is 1. The van der Waals surface area contributed by atoms with E-state index in [0.29, 0.717) is 51.3 Å². The Labute approximate surface area is 270 Å². The zero-order valence-corrected chi connectivity index (χ0v) is 26.7. The van der Waals surface area contributed by atoms with Crippen molar-refractivity contribution in [3.8, 4) is 0 Å². The number of H-pyrrole nitrogens is 1. The lowest BCUT2D eigenvalue weighted by atomic mass is 9.95. The summed E-state index contributed by atoms with van der Waals surface area (Å²) in [4.78, 5) is 54.0. The molecule has 0 spiro atoms. The molecule has 248 valence electrons. The second kappa shape index (κ2) is 18.0. The van der Waals surface area contributed by atoms with Gasteiger partial charge in [0.05, 0.1) is 37.4 Å². The Morgan fingerprint density at radius 1 is 0.913 bits per heavy atom. The zero-order chi connectivity index (χ0) is 32.7. The number of ether oxygens (including phenoxy) is 1. The minimum absolute atomic E-state index is 0.126. The number of nitrogens with zero attached hydrogens (tertiary/aromatic N) is 3. The van der Waals surface area contributed by atoms with Crippen LogP contribution in [0.1, 0.15) is 50.1 Å². The summed E-state index contributed by atoms with van der Waals surface area (Å²) < 4.78 is 5.37. The normalized spacial score (nSPS) is 15.9. The maximum Gasteiger partial charge on any atom is 0.318 e. The number of aromatic amines is 1. The minimum atomic E-state index is -0.996. The van der Waals surface area contributed by atoms with E-state index in [4.69, 9.17) is 4.74 Å². The van der Waals surface area contributed by atoms with Crippen molar-refractivity contribution in [1.29, 1.82) is 0 Å². The number of amides is 4.